The Morgan fingerprint density at radius 2 is 1.94 bits per heavy atom. The number of fused-ring (bicyclic) bond motifs is 1. The van der Waals surface area contributed by atoms with Gasteiger partial charge < -0.3 is 14.8 Å². The number of anilines is 1. The van der Waals surface area contributed by atoms with Gasteiger partial charge in [0.2, 0.25) is 0 Å². The molecule has 1 aromatic heterocycles. The maximum absolute atomic E-state index is 12.9. The Morgan fingerprint density at radius 1 is 1.13 bits per heavy atom. The molecule has 1 atom stereocenters. The highest BCUT2D eigenvalue weighted by Crippen LogP contribution is 2.42. The number of carbonyl (C=O) groups is 2. The third-order valence-corrected chi connectivity index (χ3v) is 6.73. The van der Waals surface area contributed by atoms with Crippen LogP contribution in [0.15, 0.2) is 54.6 Å². The first-order chi connectivity index (χ1) is 15.1. The van der Waals surface area contributed by atoms with Crippen LogP contribution in [0.4, 0.5) is 5.00 Å². The van der Waals surface area contributed by atoms with Crippen LogP contribution in [0.3, 0.4) is 0 Å². The Kier molecular flexibility index (Phi) is 6.37. The summed E-state index contributed by atoms with van der Waals surface area (Å²) in [6.45, 7) is 2.42. The predicted molar refractivity (Wildman–Crippen MR) is 122 cm³/mol. The molecule has 0 spiro atoms. The minimum atomic E-state index is -0.408. The minimum absolute atomic E-state index is 0.273. The van der Waals surface area contributed by atoms with Crippen LogP contribution in [0, 0.1) is 0 Å². The summed E-state index contributed by atoms with van der Waals surface area (Å²) in [6, 6.07) is 17.5. The molecular formula is C25H25NO4S. The first-order valence-electron chi connectivity index (χ1n) is 10.4. The fourth-order valence-electron chi connectivity index (χ4n) is 4.07. The summed E-state index contributed by atoms with van der Waals surface area (Å²) in [7, 11) is 1.37. The Hall–Kier alpha value is -3.12. The Labute approximate surface area is 186 Å². The van der Waals surface area contributed by atoms with Crippen LogP contribution in [0.1, 0.15) is 56.0 Å². The van der Waals surface area contributed by atoms with E-state index in [0.29, 0.717) is 34.4 Å². The fraction of sp³-hybridized carbons (Fsp3) is 0.280. The quantitative estimate of drug-likeness (QED) is 0.522. The molecule has 1 aliphatic carbocycles. The predicted octanol–water partition coefficient (Wildman–Crippen LogP) is 5.46. The van der Waals surface area contributed by atoms with Gasteiger partial charge in [-0.2, -0.15) is 0 Å². The monoisotopic (exact) mass is 435 g/mol. The molecule has 2 aromatic carbocycles. The van der Waals surface area contributed by atoms with Crippen molar-refractivity contribution in [1.29, 1.82) is 0 Å². The van der Waals surface area contributed by atoms with E-state index < -0.39 is 5.97 Å². The number of rotatable bonds is 6. The minimum Gasteiger partial charge on any atom is -0.494 e. The molecule has 0 bridgehead atoms. The molecule has 3 aromatic rings. The number of ether oxygens (including phenoxy) is 2. The van der Waals surface area contributed by atoms with Crippen LogP contribution in [-0.2, 0) is 17.6 Å². The van der Waals surface area contributed by atoms with Gasteiger partial charge in [-0.05, 0) is 61.4 Å². The smallest absolute Gasteiger partial charge is 0.341 e. The highest BCUT2D eigenvalue weighted by atomic mass is 32.1. The molecular weight excluding hydrogens is 410 g/mol. The highest BCUT2D eigenvalue weighted by Gasteiger charge is 2.30. The first-order valence-corrected chi connectivity index (χ1v) is 11.2. The van der Waals surface area contributed by atoms with Crippen LogP contribution in [-0.4, -0.2) is 25.6 Å². The number of nitrogens with one attached hydrogen (secondary N) is 1. The van der Waals surface area contributed by atoms with Crippen molar-refractivity contribution in [2.45, 2.75) is 32.1 Å². The van der Waals surface area contributed by atoms with Gasteiger partial charge in [-0.15, -0.1) is 11.3 Å². The maximum atomic E-state index is 12.9. The largest absolute Gasteiger partial charge is 0.494 e. The number of hydrogen-bond donors (Lipinski definition) is 1. The fourth-order valence-corrected chi connectivity index (χ4v) is 5.38. The number of benzene rings is 2. The molecule has 6 heteroatoms. The van der Waals surface area contributed by atoms with E-state index in [1.807, 2.05) is 19.1 Å². The van der Waals surface area contributed by atoms with Crippen LogP contribution in [0.5, 0.6) is 5.75 Å². The van der Waals surface area contributed by atoms with Crippen molar-refractivity contribution in [2.75, 3.05) is 19.0 Å². The van der Waals surface area contributed by atoms with Gasteiger partial charge in [0.25, 0.3) is 5.91 Å². The lowest BCUT2D eigenvalue weighted by molar-refractivity contribution is 0.0601. The molecule has 5 nitrogen and oxygen atoms in total. The molecule has 1 N–H and O–H groups in total. The second-order valence-electron chi connectivity index (χ2n) is 7.46. The SMILES string of the molecule is CCOc1cccc(C(=O)Nc2sc3c(c2C(=O)OC)CC[C@H](c2ccccc2)C3)c1. The van der Waals surface area contributed by atoms with Gasteiger partial charge in [0.1, 0.15) is 10.8 Å². The summed E-state index contributed by atoms with van der Waals surface area (Å²) < 4.78 is 10.5. The zero-order chi connectivity index (χ0) is 21.8. The van der Waals surface area contributed by atoms with E-state index in [1.54, 1.807) is 18.2 Å². The zero-order valence-corrected chi connectivity index (χ0v) is 18.5. The summed E-state index contributed by atoms with van der Waals surface area (Å²) in [5.41, 5.74) is 3.28. The van der Waals surface area contributed by atoms with Crippen molar-refractivity contribution in [3.8, 4) is 5.75 Å². The average molecular weight is 436 g/mol. The van der Waals surface area contributed by atoms with Crippen molar-refractivity contribution in [3.63, 3.8) is 0 Å². The second-order valence-corrected chi connectivity index (χ2v) is 8.57. The van der Waals surface area contributed by atoms with Crippen molar-refractivity contribution >= 4 is 28.2 Å². The number of thiophene rings is 1. The molecule has 0 unspecified atom stereocenters. The maximum Gasteiger partial charge on any atom is 0.341 e. The number of hydrogen-bond acceptors (Lipinski definition) is 5. The summed E-state index contributed by atoms with van der Waals surface area (Å²) in [5.74, 6) is 0.364. The topological polar surface area (TPSA) is 64.6 Å². The van der Waals surface area contributed by atoms with Crippen molar-refractivity contribution < 1.29 is 19.1 Å². The van der Waals surface area contributed by atoms with Crippen LogP contribution in [0.2, 0.25) is 0 Å². The van der Waals surface area contributed by atoms with Gasteiger partial charge in [0.15, 0.2) is 0 Å². The normalized spacial score (nSPS) is 15.1. The molecule has 31 heavy (non-hydrogen) atoms. The second kappa shape index (κ2) is 9.35. The molecule has 160 valence electrons. The molecule has 1 heterocycles. The summed E-state index contributed by atoms with van der Waals surface area (Å²) in [5, 5.41) is 3.50. The van der Waals surface area contributed by atoms with Gasteiger partial charge in [-0.25, -0.2) is 4.79 Å². The standard InChI is InChI=1S/C25H25NO4S/c1-3-30-19-11-7-10-18(14-19)23(27)26-24-22(25(28)29-2)20-13-12-17(15-21(20)31-24)16-8-5-4-6-9-16/h4-11,14,17H,3,12-13,15H2,1-2H3,(H,26,27)/t17-/m0/s1. The number of carbonyl (C=O) groups excluding carboxylic acids is 2. The van der Waals surface area contributed by atoms with E-state index in [4.69, 9.17) is 9.47 Å². The van der Waals surface area contributed by atoms with Crippen LogP contribution in [0.25, 0.3) is 0 Å². The third kappa shape index (κ3) is 4.49. The third-order valence-electron chi connectivity index (χ3n) is 5.56. The van der Waals surface area contributed by atoms with Crippen molar-refractivity contribution in [1.82, 2.24) is 0 Å². The Bertz CT molecular complexity index is 1090. The molecule has 4 rings (SSSR count). The van der Waals surface area contributed by atoms with Crippen LogP contribution >= 0.6 is 11.3 Å². The van der Waals surface area contributed by atoms with E-state index in [2.05, 4.69) is 29.6 Å². The average Bonchev–Trinajstić information content (AvgIpc) is 3.16. The van der Waals surface area contributed by atoms with E-state index in [0.717, 1.165) is 29.7 Å². The van der Waals surface area contributed by atoms with Gasteiger partial charge in [0.05, 0.1) is 19.3 Å². The molecule has 0 fully saturated rings. The zero-order valence-electron chi connectivity index (χ0n) is 17.6. The number of methoxy groups -OCH3 is 1. The Morgan fingerprint density at radius 3 is 2.68 bits per heavy atom. The van der Waals surface area contributed by atoms with Crippen molar-refractivity contribution in [3.05, 3.63) is 81.7 Å². The first kappa shape index (κ1) is 21.1. The molecule has 0 radical (unpaired) electrons. The Balaban J connectivity index is 1.62. The molecule has 0 saturated carbocycles. The number of amides is 1. The molecule has 0 saturated heterocycles. The lowest BCUT2D eigenvalue weighted by Gasteiger charge is -2.22. The van der Waals surface area contributed by atoms with Crippen LogP contribution < -0.4 is 10.1 Å². The van der Waals surface area contributed by atoms with E-state index in [1.165, 1.54) is 24.0 Å². The van der Waals surface area contributed by atoms with Gasteiger partial charge in [-0.1, -0.05) is 36.4 Å². The van der Waals surface area contributed by atoms with E-state index in [-0.39, 0.29) is 5.91 Å². The molecule has 0 aliphatic heterocycles. The van der Waals surface area contributed by atoms with Gasteiger partial charge >= 0.3 is 5.97 Å². The van der Waals surface area contributed by atoms with Gasteiger partial charge in [0, 0.05) is 10.4 Å². The number of esters is 1. The van der Waals surface area contributed by atoms with E-state index in [9.17, 15) is 9.59 Å². The summed E-state index contributed by atoms with van der Waals surface area (Å²) in [6.07, 6.45) is 2.59. The molecule has 1 aliphatic rings. The molecule has 1 amide bonds. The highest BCUT2D eigenvalue weighted by molar-refractivity contribution is 7.17. The van der Waals surface area contributed by atoms with E-state index >= 15 is 0 Å². The summed E-state index contributed by atoms with van der Waals surface area (Å²) in [4.78, 5) is 26.6. The van der Waals surface area contributed by atoms with Crippen molar-refractivity contribution in [2.24, 2.45) is 0 Å². The van der Waals surface area contributed by atoms with Gasteiger partial charge in [-0.3, -0.25) is 4.79 Å². The lowest BCUT2D eigenvalue weighted by Crippen LogP contribution is -2.16. The summed E-state index contributed by atoms with van der Waals surface area (Å²) >= 11 is 1.48. The lowest BCUT2D eigenvalue weighted by atomic mass is 9.83.